The van der Waals surface area contributed by atoms with Gasteiger partial charge in [0.2, 0.25) is 0 Å². The fourth-order valence-electron chi connectivity index (χ4n) is 1.86. The van der Waals surface area contributed by atoms with E-state index >= 15 is 0 Å². The van der Waals surface area contributed by atoms with Crippen LogP contribution in [0.1, 0.15) is 20.7 Å². The van der Waals surface area contributed by atoms with Gasteiger partial charge >= 0.3 is 0 Å². The van der Waals surface area contributed by atoms with Crippen molar-refractivity contribution in [3.63, 3.8) is 0 Å². The molecule has 2 N–H and O–H groups in total. The van der Waals surface area contributed by atoms with Crippen molar-refractivity contribution in [3.05, 3.63) is 68.9 Å². The van der Waals surface area contributed by atoms with E-state index in [9.17, 15) is 14.0 Å². The summed E-state index contributed by atoms with van der Waals surface area (Å²) in [6.07, 6.45) is 0. The van der Waals surface area contributed by atoms with Crippen molar-refractivity contribution >= 4 is 39.3 Å². The van der Waals surface area contributed by atoms with Gasteiger partial charge in [-0.1, -0.05) is 33.6 Å². The molecule has 0 heterocycles. The molecule has 0 saturated heterocycles. The van der Waals surface area contributed by atoms with Gasteiger partial charge < -0.3 is 10.6 Å². The van der Waals surface area contributed by atoms with Gasteiger partial charge in [0.25, 0.3) is 11.8 Å². The average Bonchev–Trinajstić information content (AvgIpc) is 2.52. The van der Waals surface area contributed by atoms with Gasteiger partial charge in [-0.3, -0.25) is 9.59 Å². The molecule has 0 aliphatic heterocycles. The number of nitrogens with one attached hydrogen (secondary N) is 2. The van der Waals surface area contributed by atoms with E-state index in [0.717, 1.165) is 10.5 Å². The Hall–Kier alpha value is -1.92. The summed E-state index contributed by atoms with van der Waals surface area (Å²) in [5.74, 6) is -1.56. The number of amides is 2. The zero-order valence-corrected chi connectivity index (χ0v) is 14.2. The van der Waals surface area contributed by atoms with Crippen LogP contribution >= 0.6 is 27.5 Å². The van der Waals surface area contributed by atoms with Gasteiger partial charge in [-0.05, 0) is 36.4 Å². The van der Waals surface area contributed by atoms with Crippen molar-refractivity contribution in [2.75, 3.05) is 13.1 Å². The zero-order chi connectivity index (χ0) is 16.8. The molecule has 0 bridgehead atoms. The predicted octanol–water partition coefficient (Wildman–Crippen LogP) is 3.40. The van der Waals surface area contributed by atoms with Gasteiger partial charge in [-0.25, -0.2) is 4.39 Å². The molecule has 0 aliphatic carbocycles. The number of rotatable bonds is 5. The molecule has 0 atom stereocenters. The van der Waals surface area contributed by atoms with Crippen LogP contribution in [0.15, 0.2) is 46.9 Å². The number of hydrogen-bond acceptors (Lipinski definition) is 2. The highest BCUT2D eigenvalue weighted by molar-refractivity contribution is 9.10. The molecular formula is C16H13BrClFN2O2. The van der Waals surface area contributed by atoms with E-state index in [1.807, 2.05) is 0 Å². The van der Waals surface area contributed by atoms with E-state index < -0.39 is 11.7 Å². The molecule has 2 aromatic rings. The Balaban J connectivity index is 1.82. The van der Waals surface area contributed by atoms with Crippen molar-refractivity contribution in [3.8, 4) is 0 Å². The molecule has 23 heavy (non-hydrogen) atoms. The predicted molar refractivity (Wildman–Crippen MR) is 90.2 cm³/mol. The topological polar surface area (TPSA) is 58.2 Å². The molecule has 7 heteroatoms. The van der Waals surface area contributed by atoms with Crippen LogP contribution in [0.3, 0.4) is 0 Å². The lowest BCUT2D eigenvalue weighted by atomic mass is 10.2. The van der Waals surface area contributed by atoms with Crippen molar-refractivity contribution in [2.24, 2.45) is 0 Å². The van der Waals surface area contributed by atoms with Gasteiger partial charge in [0.05, 0.1) is 10.6 Å². The second kappa shape index (κ2) is 8.08. The molecule has 0 aromatic heterocycles. The Bertz CT molecular complexity index is 702. The lowest BCUT2D eigenvalue weighted by Gasteiger charge is -2.09. The molecule has 0 radical (unpaired) electrons. The summed E-state index contributed by atoms with van der Waals surface area (Å²) in [6, 6.07) is 10.9. The minimum Gasteiger partial charge on any atom is -0.350 e. The molecule has 120 valence electrons. The van der Waals surface area contributed by atoms with E-state index in [1.165, 1.54) is 12.1 Å². The fourth-order valence-corrected chi connectivity index (χ4v) is 2.37. The first-order chi connectivity index (χ1) is 11.0. The van der Waals surface area contributed by atoms with Gasteiger partial charge in [-0.15, -0.1) is 0 Å². The summed E-state index contributed by atoms with van der Waals surface area (Å²) in [6.45, 7) is 0.373. The van der Waals surface area contributed by atoms with E-state index in [4.69, 9.17) is 11.6 Å². The number of carbonyl (C=O) groups excluding carboxylic acids is 2. The van der Waals surface area contributed by atoms with Crippen LogP contribution in [0, 0.1) is 5.82 Å². The van der Waals surface area contributed by atoms with Gasteiger partial charge in [0, 0.05) is 23.1 Å². The Kier molecular flexibility index (Phi) is 6.12. The third kappa shape index (κ3) is 4.77. The maximum absolute atomic E-state index is 13.6. The minimum atomic E-state index is -0.686. The number of halogens is 3. The van der Waals surface area contributed by atoms with Gasteiger partial charge in [0.1, 0.15) is 5.82 Å². The van der Waals surface area contributed by atoms with E-state index in [2.05, 4.69) is 26.6 Å². The van der Waals surface area contributed by atoms with E-state index in [-0.39, 0.29) is 29.6 Å². The molecule has 2 aromatic carbocycles. The molecular weight excluding hydrogens is 387 g/mol. The van der Waals surface area contributed by atoms with Crippen LogP contribution in [0.2, 0.25) is 5.02 Å². The number of carbonyl (C=O) groups is 2. The van der Waals surface area contributed by atoms with Gasteiger partial charge in [0.15, 0.2) is 0 Å². The maximum atomic E-state index is 13.6. The Morgan fingerprint density at radius 1 is 1.00 bits per heavy atom. The summed E-state index contributed by atoms with van der Waals surface area (Å²) in [5.41, 5.74) is 0.310. The third-order valence-corrected chi connectivity index (χ3v) is 3.84. The average molecular weight is 400 g/mol. The molecule has 0 aliphatic rings. The quantitative estimate of drug-likeness (QED) is 0.757. The second-order valence-corrected chi connectivity index (χ2v) is 5.94. The summed E-state index contributed by atoms with van der Waals surface area (Å²) in [4.78, 5) is 23.7. The van der Waals surface area contributed by atoms with E-state index in [0.29, 0.717) is 5.56 Å². The fraction of sp³-hybridized carbons (Fsp3) is 0.125. The third-order valence-electron chi connectivity index (χ3n) is 2.99. The van der Waals surface area contributed by atoms with Crippen LogP contribution in [0.25, 0.3) is 0 Å². The number of hydrogen-bond donors (Lipinski definition) is 2. The molecule has 0 unspecified atom stereocenters. The summed E-state index contributed by atoms with van der Waals surface area (Å²) >= 11 is 9.09. The summed E-state index contributed by atoms with van der Waals surface area (Å²) in [7, 11) is 0. The first kappa shape index (κ1) is 17.4. The summed E-state index contributed by atoms with van der Waals surface area (Å²) < 4.78 is 14.5. The van der Waals surface area contributed by atoms with Crippen molar-refractivity contribution in [1.82, 2.24) is 10.6 Å². The largest absolute Gasteiger partial charge is 0.350 e. The minimum absolute atomic E-state index is 0.0430. The highest BCUT2D eigenvalue weighted by Crippen LogP contribution is 2.18. The smallest absolute Gasteiger partial charge is 0.255 e. The molecule has 0 spiro atoms. The molecule has 4 nitrogen and oxygen atoms in total. The second-order valence-electron chi connectivity index (χ2n) is 4.62. The SMILES string of the molecule is O=C(NCCNC(=O)c1c(F)cccc1Cl)c1ccc(Br)cc1. The van der Waals surface area contributed by atoms with Crippen LogP contribution in [0.4, 0.5) is 4.39 Å². The van der Waals surface area contributed by atoms with Crippen LogP contribution in [-0.4, -0.2) is 24.9 Å². The summed E-state index contributed by atoms with van der Waals surface area (Å²) in [5, 5.41) is 5.21. The highest BCUT2D eigenvalue weighted by Gasteiger charge is 2.15. The monoisotopic (exact) mass is 398 g/mol. The lowest BCUT2D eigenvalue weighted by Crippen LogP contribution is -2.35. The molecule has 2 amide bonds. The maximum Gasteiger partial charge on any atom is 0.255 e. The Labute approximate surface area is 146 Å². The highest BCUT2D eigenvalue weighted by atomic mass is 79.9. The number of benzene rings is 2. The normalized spacial score (nSPS) is 10.2. The molecule has 0 fully saturated rings. The Morgan fingerprint density at radius 2 is 1.61 bits per heavy atom. The molecule has 2 rings (SSSR count). The van der Waals surface area contributed by atoms with Crippen LogP contribution in [-0.2, 0) is 0 Å². The first-order valence-corrected chi connectivity index (χ1v) is 7.92. The van der Waals surface area contributed by atoms with Crippen LogP contribution < -0.4 is 10.6 Å². The standard InChI is InChI=1S/C16H13BrClFN2O2/c17-11-6-4-10(5-7-11)15(22)20-8-9-21-16(23)14-12(18)2-1-3-13(14)19/h1-7H,8-9H2,(H,20,22)(H,21,23). The van der Waals surface area contributed by atoms with Gasteiger partial charge in [-0.2, -0.15) is 0 Å². The molecule has 0 saturated carbocycles. The van der Waals surface area contributed by atoms with E-state index in [1.54, 1.807) is 24.3 Å². The first-order valence-electron chi connectivity index (χ1n) is 6.75. The van der Waals surface area contributed by atoms with Crippen LogP contribution in [0.5, 0.6) is 0 Å². The Morgan fingerprint density at radius 3 is 2.22 bits per heavy atom. The lowest BCUT2D eigenvalue weighted by molar-refractivity contribution is 0.0925. The van der Waals surface area contributed by atoms with Crippen molar-refractivity contribution < 1.29 is 14.0 Å². The van der Waals surface area contributed by atoms with Crippen molar-refractivity contribution in [2.45, 2.75) is 0 Å². The van der Waals surface area contributed by atoms with Crippen molar-refractivity contribution in [1.29, 1.82) is 0 Å². The zero-order valence-electron chi connectivity index (χ0n) is 11.9.